The van der Waals surface area contributed by atoms with Gasteiger partial charge in [0.2, 0.25) is 5.91 Å². The third kappa shape index (κ3) is 4.74. The van der Waals surface area contributed by atoms with E-state index in [-0.39, 0.29) is 22.6 Å². The molecule has 28 heavy (non-hydrogen) atoms. The minimum atomic E-state index is -3.60. The summed E-state index contributed by atoms with van der Waals surface area (Å²) in [4.78, 5) is 17.6. The molecular weight excluding hydrogens is 374 g/mol. The van der Waals surface area contributed by atoms with Gasteiger partial charge in [-0.3, -0.25) is 14.5 Å². The van der Waals surface area contributed by atoms with Gasteiger partial charge in [-0.05, 0) is 36.8 Å². The molecule has 6 nitrogen and oxygen atoms in total. The zero-order valence-electron chi connectivity index (χ0n) is 16.8. The first-order chi connectivity index (χ1) is 13.4. The van der Waals surface area contributed by atoms with Crippen molar-refractivity contribution in [2.75, 3.05) is 6.54 Å². The summed E-state index contributed by atoms with van der Waals surface area (Å²) >= 11 is 0. The lowest BCUT2D eigenvalue weighted by molar-refractivity contribution is -0.123. The summed E-state index contributed by atoms with van der Waals surface area (Å²) in [6, 6.07) is 6.13. The molecule has 1 amide bonds. The van der Waals surface area contributed by atoms with Crippen molar-refractivity contribution in [1.82, 2.24) is 10.0 Å². The molecule has 1 aliphatic carbocycles. The van der Waals surface area contributed by atoms with E-state index < -0.39 is 16.1 Å². The molecule has 0 saturated heterocycles. The van der Waals surface area contributed by atoms with Crippen molar-refractivity contribution < 1.29 is 13.2 Å². The smallest absolute Gasteiger partial charge is 0.263 e. The molecule has 2 atom stereocenters. The van der Waals surface area contributed by atoms with E-state index in [0.717, 1.165) is 25.2 Å². The number of hydrogen-bond acceptors (Lipinski definition) is 4. The van der Waals surface area contributed by atoms with Crippen LogP contribution in [0.1, 0.15) is 64.4 Å². The number of fused-ring (bicyclic) bond motifs is 1. The number of hydrogen-bond donors (Lipinski definition) is 2. The van der Waals surface area contributed by atoms with E-state index in [1.807, 2.05) is 13.8 Å². The largest absolute Gasteiger partial charge is 0.354 e. The average molecular weight is 406 g/mol. The van der Waals surface area contributed by atoms with Crippen LogP contribution >= 0.6 is 0 Å². The van der Waals surface area contributed by atoms with E-state index in [1.165, 1.54) is 25.7 Å². The first-order valence-electron chi connectivity index (χ1n) is 10.4. The topological polar surface area (TPSA) is 87.6 Å². The van der Waals surface area contributed by atoms with Crippen molar-refractivity contribution in [1.29, 1.82) is 0 Å². The molecule has 1 aromatic carbocycles. The lowest BCUT2D eigenvalue weighted by Crippen LogP contribution is -2.39. The van der Waals surface area contributed by atoms with Gasteiger partial charge < -0.3 is 5.32 Å². The van der Waals surface area contributed by atoms with Crippen LogP contribution in [0, 0.1) is 11.8 Å². The van der Waals surface area contributed by atoms with Gasteiger partial charge in [-0.2, -0.15) is 0 Å². The summed E-state index contributed by atoms with van der Waals surface area (Å²) in [7, 11) is -3.60. The van der Waals surface area contributed by atoms with Crippen LogP contribution in [0.4, 0.5) is 0 Å². The predicted octanol–water partition coefficient (Wildman–Crippen LogP) is 3.23. The monoisotopic (exact) mass is 405 g/mol. The van der Waals surface area contributed by atoms with Crippen molar-refractivity contribution >= 4 is 21.8 Å². The predicted molar refractivity (Wildman–Crippen MR) is 111 cm³/mol. The number of amidine groups is 1. The van der Waals surface area contributed by atoms with E-state index in [9.17, 15) is 13.2 Å². The Balaban J connectivity index is 1.68. The summed E-state index contributed by atoms with van der Waals surface area (Å²) in [6.07, 6.45) is 8.23. The van der Waals surface area contributed by atoms with Gasteiger partial charge in [-0.1, -0.05) is 58.1 Å². The van der Waals surface area contributed by atoms with Crippen LogP contribution in [-0.4, -0.2) is 32.7 Å². The Labute approximate surface area is 168 Å². The standard InChI is InChI=1S/C21H31N3O3S/c1-3-15(2)19(21(25)22-14-8-11-16-9-4-5-10-16)23-20-17-12-6-7-13-18(17)28(26,27)24-20/h6-7,12-13,15-16,19H,3-5,8-11,14H2,1-2H3,(H,22,25)(H,23,24)/t15-,19-/m0/s1. The fraction of sp³-hybridized carbons (Fsp3) is 0.619. The Bertz CT molecular complexity index is 829. The molecule has 1 aromatic rings. The molecule has 7 heteroatoms. The van der Waals surface area contributed by atoms with Crippen LogP contribution in [0.3, 0.4) is 0 Å². The van der Waals surface area contributed by atoms with E-state index in [4.69, 9.17) is 0 Å². The molecule has 0 aromatic heterocycles. The average Bonchev–Trinajstić information content (AvgIpc) is 3.29. The fourth-order valence-electron chi connectivity index (χ4n) is 4.04. The third-order valence-corrected chi connectivity index (χ3v) is 7.34. The number of nitrogens with zero attached hydrogens (tertiary/aromatic N) is 1. The van der Waals surface area contributed by atoms with Crippen LogP contribution in [0.5, 0.6) is 0 Å². The van der Waals surface area contributed by atoms with Gasteiger partial charge >= 0.3 is 0 Å². The maximum Gasteiger partial charge on any atom is 0.263 e. The summed E-state index contributed by atoms with van der Waals surface area (Å²) in [5, 5.41) is 3.02. The van der Waals surface area contributed by atoms with Gasteiger partial charge in [0.1, 0.15) is 11.9 Å². The molecule has 1 fully saturated rings. The molecular formula is C21H31N3O3S. The van der Waals surface area contributed by atoms with Gasteiger partial charge in [-0.25, -0.2) is 8.42 Å². The molecule has 154 valence electrons. The van der Waals surface area contributed by atoms with E-state index in [2.05, 4.69) is 15.0 Å². The fourth-order valence-corrected chi connectivity index (χ4v) is 5.28. The molecule has 3 rings (SSSR count). The minimum absolute atomic E-state index is 0.0135. The van der Waals surface area contributed by atoms with Gasteiger partial charge in [0.25, 0.3) is 10.0 Å². The number of carbonyl (C=O) groups is 1. The van der Waals surface area contributed by atoms with E-state index in [0.29, 0.717) is 12.1 Å². The van der Waals surface area contributed by atoms with E-state index >= 15 is 0 Å². The second-order valence-corrected chi connectivity index (χ2v) is 9.64. The Kier molecular flexibility index (Phi) is 6.75. The molecule has 1 aliphatic heterocycles. The molecule has 0 bridgehead atoms. The Hall–Kier alpha value is -1.89. The van der Waals surface area contributed by atoms with E-state index in [1.54, 1.807) is 24.3 Å². The van der Waals surface area contributed by atoms with Crippen molar-refractivity contribution in [3.63, 3.8) is 0 Å². The highest BCUT2D eigenvalue weighted by atomic mass is 32.2. The summed E-state index contributed by atoms with van der Waals surface area (Å²) in [5.41, 5.74) is 0.532. The molecule has 1 saturated carbocycles. The van der Waals surface area contributed by atoms with Gasteiger partial charge in [0.05, 0.1) is 4.90 Å². The number of nitrogens with one attached hydrogen (secondary N) is 2. The normalized spacial score (nSPS) is 21.9. The first kappa shape index (κ1) is 20.8. The maximum absolute atomic E-state index is 12.8. The number of amides is 1. The molecule has 2 N–H and O–H groups in total. The van der Waals surface area contributed by atoms with Crippen molar-refractivity contribution in [3.8, 4) is 0 Å². The SMILES string of the molecule is CC[C@H](C)[C@H](N=C1NS(=O)(=O)c2ccccc21)C(=O)NCCCC1CCCC1. The summed E-state index contributed by atoms with van der Waals surface area (Å²) < 4.78 is 27.1. The highest BCUT2D eigenvalue weighted by molar-refractivity contribution is 7.90. The minimum Gasteiger partial charge on any atom is -0.354 e. The second kappa shape index (κ2) is 9.07. The summed E-state index contributed by atoms with van der Waals surface area (Å²) in [6.45, 7) is 4.63. The molecule has 2 aliphatic rings. The van der Waals surface area contributed by atoms with Crippen LogP contribution in [0.15, 0.2) is 34.2 Å². The van der Waals surface area contributed by atoms with Crippen molar-refractivity contribution in [3.05, 3.63) is 29.8 Å². The zero-order chi connectivity index (χ0) is 20.1. The number of benzene rings is 1. The third-order valence-electron chi connectivity index (χ3n) is 5.95. The Morgan fingerprint density at radius 2 is 2.00 bits per heavy atom. The molecule has 0 unspecified atom stereocenters. The molecule has 0 radical (unpaired) electrons. The highest BCUT2D eigenvalue weighted by Crippen LogP contribution is 2.28. The molecule has 1 heterocycles. The Morgan fingerprint density at radius 1 is 1.29 bits per heavy atom. The lowest BCUT2D eigenvalue weighted by Gasteiger charge is -2.19. The van der Waals surface area contributed by atoms with Crippen LogP contribution < -0.4 is 10.0 Å². The van der Waals surface area contributed by atoms with Crippen LogP contribution in [0.2, 0.25) is 0 Å². The maximum atomic E-state index is 12.8. The lowest BCUT2D eigenvalue weighted by atomic mass is 9.98. The second-order valence-electron chi connectivity index (χ2n) is 7.99. The number of rotatable bonds is 8. The van der Waals surface area contributed by atoms with Crippen molar-refractivity contribution in [2.45, 2.75) is 69.7 Å². The van der Waals surface area contributed by atoms with Crippen LogP contribution in [-0.2, 0) is 14.8 Å². The summed E-state index contributed by atoms with van der Waals surface area (Å²) in [5.74, 6) is 0.963. The first-order valence-corrected chi connectivity index (χ1v) is 11.9. The van der Waals surface area contributed by atoms with Gasteiger partial charge in [0, 0.05) is 12.1 Å². The van der Waals surface area contributed by atoms with Gasteiger partial charge in [0.15, 0.2) is 0 Å². The Morgan fingerprint density at radius 3 is 2.71 bits per heavy atom. The number of sulfonamides is 1. The van der Waals surface area contributed by atoms with Gasteiger partial charge in [-0.15, -0.1) is 0 Å². The van der Waals surface area contributed by atoms with Crippen LogP contribution in [0.25, 0.3) is 0 Å². The number of carbonyl (C=O) groups excluding carboxylic acids is 1. The zero-order valence-corrected chi connectivity index (χ0v) is 17.6. The number of aliphatic imine (C=N–C) groups is 1. The van der Waals surface area contributed by atoms with Crippen molar-refractivity contribution in [2.24, 2.45) is 16.8 Å². The quantitative estimate of drug-likeness (QED) is 0.651. The highest BCUT2D eigenvalue weighted by Gasteiger charge is 2.33. The molecule has 0 spiro atoms.